The minimum atomic E-state index is -4.78. The highest BCUT2D eigenvalue weighted by Crippen LogP contribution is 2.36. The van der Waals surface area contributed by atoms with Crippen LogP contribution in [0.15, 0.2) is 0 Å². The minimum Gasteiger partial charge on any atom is -0.370 e. The number of rotatable bonds is 1. The predicted octanol–water partition coefficient (Wildman–Crippen LogP) is 0.985. The van der Waals surface area contributed by atoms with Crippen molar-refractivity contribution >= 4 is 5.91 Å². The summed E-state index contributed by atoms with van der Waals surface area (Å²) in [6.45, 7) is 0. The molecule has 0 spiro atoms. The van der Waals surface area contributed by atoms with Gasteiger partial charge in [0.05, 0.1) is 12.2 Å². The Morgan fingerprint density at radius 2 is 2.00 bits per heavy atom. The summed E-state index contributed by atoms with van der Waals surface area (Å²) in [6, 6.07) is -0.382. The Kier molecular flexibility index (Phi) is 2.17. The molecule has 14 heavy (non-hydrogen) atoms. The van der Waals surface area contributed by atoms with Crippen LogP contribution in [0.3, 0.4) is 0 Å². The average molecular weight is 209 g/mol. The topological polar surface area (TPSA) is 41.6 Å². The largest absolute Gasteiger partial charge is 0.471 e. The average Bonchev–Trinajstić information content (AvgIpc) is 2.80. The van der Waals surface area contributed by atoms with Crippen molar-refractivity contribution in [2.75, 3.05) is 0 Å². The first-order chi connectivity index (χ1) is 6.47. The molecule has 2 aliphatic rings. The van der Waals surface area contributed by atoms with Gasteiger partial charge in [0.1, 0.15) is 0 Å². The fourth-order valence-corrected chi connectivity index (χ4v) is 1.80. The van der Waals surface area contributed by atoms with E-state index in [4.69, 9.17) is 4.74 Å². The number of ether oxygens (including phenoxy) is 1. The van der Waals surface area contributed by atoms with E-state index in [1.54, 1.807) is 0 Å². The van der Waals surface area contributed by atoms with Gasteiger partial charge in [0.25, 0.3) is 0 Å². The van der Waals surface area contributed by atoms with Crippen molar-refractivity contribution in [3.05, 3.63) is 0 Å². The molecule has 2 rings (SSSR count). The van der Waals surface area contributed by atoms with Gasteiger partial charge in [-0.15, -0.1) is 0 Å². The molecule has 3 atom stereocenters. The summed E-state index contributed by atoms with van der Waals surface area (Å²) in [5, 5.41) is 1.97. The van der Waals surface area contributed by atoms with Gasteiger partial charge in [0, 0.05) is 6.04 Å². The standard InChI is InChI=1S/C8H10F3NO2/c9-8(10,11)7(13)12-4-1-2-5-6(3-4)14-5/h4-6H,1-3H2,(H,12,13). The summed E-state index contributed by atoms with van der Waals surface area (Å²) in [7, 11) is 0. The summed E-state index contributed by atoms with van der Waals surface area (Å²) < 4.78 is 40.7. The molecule has 3 nitrogen and oxygen atoms in total. The highest BCUT2D eigenvalue weighted by Gasteiger charge is 2.46. The van der Waals surface area contributed by atoms with Crippen molar-refractivity contribution in [3.63, 3.8) is 0 Å². The molecular formula is C8H10F3NO2. The molecule has 1 heterocycles. The third-order valence-corrected chi connectivity index (χ3v) is 2.60. The van der Waals surface area contributed by atoms with Gasteiger partial charge in [-0.2, -0.15) is 13.2 Å². The van der Waals surface area contributed by atoms with Crippen LogP contribution >= 0.6 is 0 Å². The third-order valence-electron chi connectivity index (χ3n) is 2.60. The van der Waals surface area contributed by atoms with Crippen LogP contribution < -0.4 is 5.32 Å². The quantitative estimate of drug-likeness (QED) is 0.654. The van der Waals surface area contributed by atoms with E-state index in [0.717, 1.165) is 6.42 Å². The molecule has 0 aromatic rings. The van der Waals surface area contributed by atoms with Crippen LogP contribution in [0.5, 0.6) is 0 Å². The predicted molar refractivity (Wildman–Crippen MR) is 40.5 cm³/mol. The maximum Gasteiger partial charge on any atom is 0.471 e. The fraction of sp³-hybridized carbons (Fsp3) is 0.875. The molecule has 1 saturated carbocycles. The molecule has 2 fully saturated rings. The Bertz CT molecular complexity index is 253. The van der Waals surface area contributed by atoms with Gasteiger partial charge in [0.15, 0.2) is 0 Å². The van der Waals surface area contributed by atoms with Crippen molar-refractivity contribution in [1.82, 2.24) is 5.32 Å². The lowest BCUT2D eigenvalue weighted by Crippen LogP contribution is -2.44. The fourth-order valence-electron chi connectivity index (χ4n) is 1.80. The Labute approximate surface area is 78.6 Å². The molecule has 0 bridgehead atoms. The second kappa shape index (κ2) is 3.12. The van der Waals surface area contributed by atoms with Crippen LogP contribution in [0, 0.1) is 0 Å². The lowest BCUT2D eigenvalue weighted by molar-refractivity contribution is -0.174. The van der Waals surface area contributed by atoms with E-state index < -0.39 is 12.1 Å². The number of amides is 1. The molecule has 3 unspecified atom stereocenters. The van der Waals surface area contributed by atoms with Gasteiger partial charge < -0.3 is 10.1 Å². The molecule has 6 heteroatoms. The summed E-state index contributed by atoms with van der Waals surface area (Å²) in [5.74, 6) is -1.85. The van der Waals surface area contributed by atoms with Crippen LogP contribution in [0.25, 0.3) is 0 Å². The first-order valence-electron chi connectivity index (χ1n) is 4.50. The Morgan fingerprint density at radius 1 is 1.29 bits per heavy atom. The molecule has 1 saturated heterocycles. The molecule has 0 aromatic carbocycles. The molecule has 1 aliphatic heterocycles. The molecular weight excluding hydrogens is 199 g/mol. The van der Waals surface area contributed by atoms with E-state index in [-0.39, 0.29) is 18.2 Å². The summed E-state index contributed by atoms with van der Waals surface area (Å²) in [5.41, 5.74) is 0. The number of hydrogen-bond acceptors (Lipinski definition) is 2. The smallest absolute Gasteiger partial charge is 0.370 e. The number of carbonyl (C=O) groups is 1. The van der Waals surface area contributed by atoms with Gasteiger partial charge >= 0.3 is 12.1 Å². The number of epoxide rings is 1. The van der Waals surface area contributed by atoms with Crippen LogP contribution in [-0.2, 0) is 9.53 Å². The Hall–Kier alpha value is -0.780. The van der Waals surface area contributed by atoms with Gasteiger partial charge in [-0.1, -0.05) is 0 Å². The second-order valence-electron chi connectivity index (χ2n) is 3.69. The van der Waals surface area contributed by atoms with E-state index in [0.29, 0.717) is 12.8 Å². The van der Waals surface area contributed by atoms with Crippen LogP contribution in [0.2, 0.25) is 0 Å². The lowest BCUT2D eigenvalue weighted by Gasteiger charge is -2.20. The zero-order valence-electron chi connectivity index (χ0n) is 7.30. The number of hydrogen-bond donors (Lipinski definition) is 1. The number of alkyl halides is 3. The van der Waals surface area contributed by atoms with Crippen molar-refractivity contribution in [2.24, 2.45) is 0 Å². The molecule has 0 aromatic heterocycles. The van der Waals surface area contributed by atoms with Crippen molar-refractivity contribution in [2.45, 2.75) is 43.7 Å². The SMILES string of the molecule is O=C(NC1CCC2OC2C1)C(F)(F)F. The summed E-state index contributed by atoms with van der Waals surface area (Å²) in [6.07, 6.45) is -2.65. The number of fused-ring (bicyclic) bond motifs is 1. The van der Waals surface area contributed by atoms with Crippen LogP contribution in [-0.4, -0.2) is 30.3 Å². The van der Waals surface area contributed by atoms with Crippen molar-refractivity contribution < 1.29 is 22.7 Å². The summed E-state index contributed by atoms with van der Waals surface area (Å²) >= 11 is 0. The van der Waals surface area contributed by atoms with Gasteiger partial charge in [-0.3, -0.25) is 4.79 Å². The van der Waals surface area contributed by atoms with Crippen LogP contribution in [0.1, 0.15) is 19.3 Å². The number of halogens is 3. The zero-order chi connectivity index (χ0) is 10.3. The molecule has 1 amide bonds. The maximum absolute atomic E-state index is 11.9. The first-order valence-corrected chi connectivity index (χ1v) is 4.50. The van der Waals surface area contributed by atoms with E-state index >= 15 is 0 Å². The summed E-state index contributed by atoms with van der Waals surface area (Å²) in [4.78, 5) is 10.6. The lowest BCUT2D eigenvalue weighted by atomic mass is 9.95. The normalized spacial score (nSPS) is 36.1. The van der Waals surface area contributed by atoms with Gasteiger partial charge in [-0.05, 0) is 19.3 Å². The van der Waals surface area contributed by atoms with E-state index in [9.17, 15) is 18.0 Å². The first kappa shape index (κ1) is 9.76. The third kappa shape index (κ3) is 2.00. The molecule has 0 radical (unpaired) electrons. The van der Waals surface area contributed by atoms with E-state index in [1.165, 1.54) is 0 Å². The van der Waals surface area contributed by atoms with Crippen LogP contribution in [0.4, 0.5) is 13.2 Å². The van der Waals surface area contributed by atoms with Gasteiger partial charge in [0.2, 0.25) is 0 Å². The molecule has 80 valence electrons. The molecule has 1 N–H and O–H groups in total. The number of nitrogens with one attached hydrogen (secondary N) is 1. The highest BCUT2D eigenvalue weighted by atomic mass is 19.4. The maximum atomic E-state index is 11.9. The van der Waals surface area contributed by atoms with Crippen molar-refractivity contribution in [1.29, 1.82) is 0 Å². The molecule has 1 aliphatic carbocycles. The van der Waals surface area contributed by atoms with E-state index in [1.807, 2.05) is 5.32 Å². The number of carbonyl (C=O) groups excluding carboxylic acids is 1. The second-order valence-corrected chi connectivity index (χ2v) is 3.69. The zero-order valence-corrected chi connectivity index (χ0v) is 7.30. The van der Waals surface area contributed by atoms with E-state index in [2.05, 4.69) is 0 Å². The Balaban J connectivity index is 1.82. The monoisotopic (exact) mass is 209 g/mol. The van der Waals surface area contributed by atoms with Gasteiger partial charge in [-0.25, -0.2) is 0 Å². The van der Waals surface area contributed by atoms with Crippen molar-refractivity contribution in [3.8, 4) is 0 Å². The Morgan fingerprint density at radius 3 is 2.57 bits per heavy atom. The minimum absolute atomic E-state index is 0.0716. The highest BCUT2D eigenvalue weighted by molar-refractivity contribution is 5.81.